The van der Waals surface area contributed by atoms with Gasteiger partial charge in [0, 0.05) is 30.7 Å². The molecule has 7 heteroatoms. The maximum absolute atomic E-state index is 12.3. The highest BCUT2D eigenvalue weighted by Crippen LogP contribution is 2.17. The van der Waals surface area contributed by atoms with Crippen LogP contribution in [0.1, 0.15) is 37.8 Å². The third kappa shape index (κ3) is 3.26. The Bertz CT molecular complexity index is 880. The molecule has 3 aromatic rings. The second kappa shape index (κ2) is 6.76. The number of aryl methyl sites for hydroxylation is 2. The topological polar surface area (TPSA) is 76.9 Å². The van der Waals surface area contributed by atoms with Gasteiger partial charge in [-0.1, -0.05) is 6.92 Å². The highest BCUT2D eigenvalue weighted by molar-refractivity contribution is 7.13. The van der Waals surface area contributed by atoms with Gasteiger partial charge < -0.3 is 9.88 Å². The molecule has 2 heterocycles. The second-order valence-corrected chi connectivity index (χ2v) is 6.31. The van der Waals surface area contributed by atoms with Crippen LogP contribution in [-0.4, -0.2) is 26.2 Å². The lowest BCUT2D eigenvalue weighted by atomic mass is 10.1. The molecule has 1 aromatic carbocycles. The fraction of sp³-hybridized carbons (Fsp3) is 0.176. The molecule has 0 unspecified atom stereocenters. The number of amides is 1. The summed E-state index contributed by atoms with van der Waals surface area (Å²) < 4.78 is 1.67. The van der Waals surface area contributed by atoms with Crippen LogP contribution >= 0.6 is 11.3 Å². The maximum Gasteiger partial charge on any atom is 0.267 e. The first-order valence-electron chi connectivity index (χ1n) is 7.46. The number of anilines is 1. The zero-order valence-electron chi connectivity index (χ0n) is 13.3. The van der Waals surface area contributed by atoms with Crippen LogP contribution in [0.2, 0.25) is 0 Å². The fourth-order valence-corrected chi connectivity index (χ4v) is 2.94. The minimum absolute atomic E-state index is 0.157. The molecule has 0 fully saturated rings. The van der Waals surface area contributed by atoms with Crippen LogP contribution in [0.3, 0.4) is 0 Å². The molecule has 122 valence electrons. The van der Waals surface area contributed by atoms with Crippen molar-refractivity contribution in [1.82, 2.24) is 14.5 Å². The molecule has 0 radical (unpaired) electrons. The number of ketones is 1. The molecule has 1 amide bonds. The minimum atomic E-state index is -0.199. The molecule has 24 heavy (non-hydrogen) atoms. The second-order valence-electron chi connectivity index (χ2n) is 5.19. The molecule has 6 nitrogen and oxygen atoms in total. The van der Waals surface area contributed by atoms with Crippen LogP contribution in [0.5, 0.6) is 0 Å². The van der Waals surface area contributed by atoms with Crippen molar-refractivity contribution in [3.8, 4) is 0 Å². The highest BCUT2D eigenvalue weighted by atomic mass is 32.1. The molecule has 0 aliphatic carbocycles. The number of rotatable bonds is 5. The molecule has 1 N–H and O–H groups in total. The van der Waals surface area contributed by atoms with Crippen LogP contribution in [0.4, 0.5) is 5.69 Å². The van der Waals surface area contributed by atoms with Crippen molar-refractivity contribution in [2.45, 2.75) is 13.3 Å². The van der Waals surface area contributed by atoms with E-state index in [0.29, 0.717) is 22.0 Å². The van der Waals surface area contributed by atoms with Crippen LogP contribution in [0.15, 0.2) is 42.9 Å². The van der Waals surface area contributed by atoms with Gasteiger partial charge in [-0.25, -0.2) is 9.97 Å². The number of hydrogen-bond acceptors (Lipinski definition) is 5. The van der Waals surface area contributed by atoms with Crippen molar-refractivity contribution in [3.05, 3.63) is 64.1 Å². The van der Waals surface area contributed by atoms with Gasteiger partial charge in [0.2, 0.25) is 5.78 Å². The Hall–Kier alpha value is -2.80. The molecular formula is C17H16N4O2S. The van der Waals surface area contributed by atoms with Crippen molar-refractivity contribution in [1.29, 1.82) is 0 Å². The smallest absolute Gasteiger partial charge is 0.267 e. The Balaban J connectivity index is 1.71. The number of nitrogens with one attached hydrogen (secondary N) is 1. The van der Waals surface area contributed by atoms with Crippen molar-refractivity contribution < 1.29 is 9.59 Å². The standard InChI is InChI=1S/C17H16N4O2S/c1-3-14-19-10-13(24-14)17(23)20-12-6-4-11(5-7-12)15(22)16-18-8-9-21(16)2/h4-10H,3H2,1-2H3,(H,20,23). The average molecular weight is 340 g/mol. The van der Waals surface area contributed by atoms with Crippen molar-refractivity contribution in [3.63, 3.8) is 0 Å². The lowest BCUT2D eigenvalue weighted by Gasteiger charge is -2.05. The summed E-state index contributed by atoms with van der Waals surface area (Å²) in [5, 5.41) is 3.73. The monoisotopic (exact) mass is 340 g/mol. The number of hydrogen-bond donors (Lipinski definition) is 1. The number of imidazole rings is 1. The van der Waals surface area contributed by atoms with Crippen molar-refractivity contribution in [2.75, 3.05) is 5.32 Å². The van der Waals surface area contributed by atoms with Gasteiger partial charge in [0.25, 0.3) is 5.91 Å². The molecule has 0 bridgehead atoms. The van der Waals surface area contributed by atoms with E-state index >= 15 is 0 Å². The molecule has 3 rings (SSSR count). The van der Waals surface area contributed by atoms with Crippen molar-refractivity contribution >= 4 is 28.7 Å². The zero-order valence-corrected chi connectivity index (χ0v) is 14.1. The summed E-state index contributed by atoms with van der Waals surface area (Å²) in [4.78, 5) is 33.3. The SMILES string of the molecule is CCc1ncc(C(=O)Nc2ccc(C(=O)c3nccn3C)cc2)s1. The Kier molecular flexibility index (Phi) is 4.52. The molecule has 0 saturated heterocycles. The summed E-state index contributed by atoms with van der Waals surface area (Å²) in [6, 6.07) is 6.76. The predicted octanol–water partition coefficient (Wildman–Crippen LogP) is 2.92. The predicted molar refractivity (Wildman–Crippen MR) is 92.5 cm³/mol. The Morgan fingerprint density at radius 2 is 1.96 bits per heavy atom. The third-order valence-electron chi connectivity index (χ3n) is 3.51. The molecule has 0 aliphatic heterocycles. The van der Waals surface area contributed by atoms with Crippen LogP contribution in [0, 0.1) is 0 Å². The number of benzene rings is 1. The Morgan fingerprint density at radius 3 is 2.54 bits per heavy atom. The fourth-order valence-electron chi connectivity index (χ4n) is 2.19. The first-order chi connectivity index (χ1) is 11.6. The van der Waals surface area contributed by atoms with Crippen LogP contribution in [0.25, 0.3) is 0 Å². The zero-order chi connectivity index (χ0) is 17.1. The van der Waals surface area contributed by atoms with Crippen molar-refractivity contribution in [2.24, 2.45) is 7.05 Å². The molecule has 0 spiro atoms. The molecule has 0 saturated carbocycles. The van der Waals surface area contributed by atoms with Gasteiger partial charge in [0.05, 0.1) is 11.2 Å². The minimum Gasteiger partial charge on any atom is -0.331 e. The molecule has 2 aromatic heterocycles. The number of thiazole rings is 1. The summed E-state index contributed by atoms with van der Waals surface area (Å²) in [6.07, 6.45) is 5.70. The van der Waals surface area contributed by atoms with E-state index in [4.69, 9.17) is 0 Å². The Morgan fingerprint density at radius 1 is 1.21 bits per heavy atom. The van der Waals surface area contributed by atoms with E-state index < -0.39 is 0 Å². The van der Waals surface area contributed by atoms with Gasteiger partial charge in [-0.05, 0) is 30.7 Å². The summed E-state index contributed by atoms with van der Waals surface area (Å²) in [7, 11) is 1.77. The molecule has 0 aliphatic rings. The van der Waals surface area contributed by atoms with Crippen LogP contribution < -0.4 is 5.32 Å². The number of nitrogens with zero attached hydrogens (tertiary/aromatic N) is 3. The van der Waals surface area contributed by atoms with Gasteiger partial charge in [0.1, 0.15) is 4.88 Å². The Labute approximate surface area is 143 Å². The van der Waals surface area contributed by atoms with E-state index in [-0.39, 0.29) is 11.7 Å². The molecular weight excluding hydrogens is 324 g/mol. The molecule has 0 atom stereocenters. The number of aromatic nitrogens is 3. The van der Waals surface area contributed by atoms with Gasteiger partial charge in [-0.15, -0.1) is 11.3 Å². The van der Waals surface area contributed by atoms with E-state index in [1.54, 1.807) is 54.5 Å². The van der Waals surface area contributed by atoms with E-state index in [0.717, 1.165) is 11.4 Å². The van der Waals surface area contributed by atoms with Gasteiger partial charge >= 0.3 is 0 Å². The van der Waals surface area contributed by atoms with E-state index in [9.17, 15) is 9.59 Å². The average Bonchev–Trinajstić information content (AvgIpc) is 3.23. The highest BCUT2D eigenvalue weighted by Gasteiger charge is 2.14. The third-order valence-corrected chi connectivity index (χ3v) is 4.65. The maximum atomic E-state index is 12.3. The van der Waals surface area contributed by atoms with Gasteiger partial charge in [-0.3, -0.25) is 9.59 Å². The first kappa shape index (κ1) is 16.1. The normalized spacial score (nSPS) is 10.6. The van der Waals surface area contributed by atoms with Gasteiger partial charge in [0.15, 0.2) is 5.82 Å². The number of carbonyl (C=O) groups is 2. The summed E-state index contributed by atoms with van der Waals surface area (Å²) in [6.45, 7) is 2.00. The summed E-state index contributed by atoms with van der Waals surface area (Å²) in [5.74, 6) is 0.0225. The summed E-state index contributed by atoms with van der Waals surface area (Å²) >= 11 is 1.38. The quantitative estimate of drug-likeness (QED) is 0.725. The lowest BCUT2D eigenvalue weighted by molar-refractivity contribution is 0.102. The van der Waals surface area contributed by atoms with E-state index in [2.05, 4.69) is 15.3 Å². The summed E-state index contributed by atoms with van der Waals surface area (Å²) in [5.41, 5.74) is 1.15. The van der Waals surface area contributed by atoms with E-state index in [1.807, 2.05) is 6.92 Å². The largest absolute Gasteiger partial charge is 0.331 e. The van der Waals surface area contributed by atoms with Gasteiger partial charge in [-0.2, -0.15) is 0 Å². The lowest BCUT2D eigenvalue weighted by Crippen LogP contribution is -2.11. The van der Waals surface area contributed by atoms with Crippen LogP contribution in [-0.2, 0) is 13.5 Å². The number of carbonyl (C=O) groups excluding carboxylic acids is 2. The first-order valence-corrected chi connectivity index (χ1v) is 8.28. The van der Waals surface area contributed by atoms with E-state index in [1.165, 1.54) is 11.3 Å².